The van der Waals surface area contributed by atoms with Crippen LogP contribution in [0.3, 0.4) is 0 Å². The van der Waals surface area contributed by atoms with Gasteiger partial charge >= 0.3 is 0 Å². The molecule has 0 aromatic carbocycles. The maximum Gasteiger partial charge on any atom is 0.224 e. The van der Waals surface area contributed by atoms with Crippen LogP contribution in [0.15, 0.2) is 6.20 Å². The molecule has 102 valence electrons. The van der Waals surface area contributed by atoms with Gasteiger partial charge in [-0.05, 0) is 26.7 Å². The molecule has 0 saturated carbocycles. The Bertz CT molecular complexity index is 377. The number of nitrogens with one attached hydrogen (secondary N) is 2. The average Bonchev–Trinajstić information content (AvgIpc) is 2.39. The van der Waals surface area contributed by atoms with Gasteiger partial charge in [0.25, 0.3) is 0 Å². The third kappa shape index (κ3) is 3.84. The zero-order chi connectivity index (χ0) is 13.6. The molecule has 1 rings (SSSR count). The molecule has 0 bridgehead atoms. The van der Waals surface area contributed by atoms with Crippen LogP contribution in [0.4, 0.5) is 11.8 Å². The normalized spacial score (nSPS) is 11.4. The molecule has 1 heterocycles. The molecular weight excluding hydrogens is 228 g/mol. The first-order chi connectivity index (χ1) is 8.54. The van der Waals surface area contributed by atoms with Crippen molar-refractivity contribution in [2.75, 3.05) is 23.7 Å². The van der Waals surface area contributed by atoms with Crippen LogP contribution in [0.5, 0.6) is 0 Å². The van der Waals surface area contributed by atoms with Crippen LogP contribution in [0.2, 0.25) is 0 Å². The summed E-state index contributed by atoms with van der Waals surface area (Å²) in [7, 11) is 0. The van der Waals surface area contributed by atoms with E-state index in [1.165, 1.54) is 0 Å². The zero-order valence-corrected chi connectivity index (χ0v) is 11.7. The van der Waals surface area contributed by atoms with E-state index in [0.29, 0.717) is 12.5 Å². The van der Waals surface area contributed by atoms with Gasteiger partial charge in [0.1, 0.15) is 5.82 Å². The summed E-state index contributed by atoms with van der Waals surface area (Å²) < 4.78 is 0. The lowest BCUT2D eigenvalue weighted by Crippen LogP contribution is -2.35. The van der Waals surface area contributed by atoms with Gasteiger partial charge in [-0.3, -0.25) is 0 Å². The van der Waals surface area contributed by atoms with Crippen LogP contribution in [-0.4, -0.2) is 33.8 Å². The molecular formula is C13H24N4O. The number of aromatic nitrogens is 2. The van der Waals surface area contributed by atoms with Crippen molar-refractivity contribution >= 4 is 11.8 Å². The Labute approximate surface area is 109 Å². The third-order valence-electron chi connectivity index (χ3n) is 3.21. The summed E-state index contributed by atoms with van der Waals surface area (Å²) in [6.07, 6.45) is 3.23. The third-order valence-corrected chi connectivity index (χ3v) is 3.21. The van der Waals surface area contributed by atoms with Gasteiger partial charge in [0, 0.05) is 24.8 Å². The number of nitrogens with zero attached hydrogens (tertiary/aromatic N) is 2. The van der Waals surface area contributed by atoms with Crippen molar-refractivity contribution in [3.63, 3.8) is 0 Å². The van der Waals surface area contributed by atoms with Gasteiger partial charge < -0.3 is 15.7 Å². The first-order valence-corrected chi connectivity index (χ1v) is 6.58. The van der Waals surface area contributed by atoms with Crippen molar-refractivity contribution in [2.45, 2.75) is 46.1 Å². The van der Waals surface area contributed by atoms with Gasteiger partial charge in [-0.25, -0.2) is 4.98 Å². The second kappa shape index (κ2) is 6.54. The minimum absolute atomic E-state index is 0.503. The molecule has 18 heavy (non-hydrogen) atoms. The molecule has 0 radical (unpaired) electrons. The molecule has 0 atom stereocenters. The quantitative estimate of drug-likeness (QED) is 0.694. The van der Waals surface area contributed by atoms with E-state index in [4.69, 9.17) is 0 Å². The number of aliphatic hydroxyl groups is 1. The van der Waals surface area contributed by atoms with Gasteiger partial charge in [0.2, 0.25) is 5.95 Å². The minimum Gasteiger partial charge on any atom is -0.388 e. The van der Waals surface area contributed by atoms with Crippen LogP contribution < -0.4 is 10.6 Å². The first-order valence-electron chi connectivity index (χ1n) is 6.58. The van der Waals surface area contributed by atoms with Crippen LogP contribution >= 0.6 is 0 Å². The monoisotopic (exact) mass is 252 g/mol. The Morgan fingerprint density at radius 3 is 2.44 bits per heavy atom. The van der Waals surface area contributed by atoms with Gasteiger partial charge in [0.05, 0.1) is 5.60 Å². The lowest BCUT2D eigenvalue weighted by Gasteiger charge is -2.26. The van der Waals surface area contributed by atoms with Gasteiger partial charge in [-0.15, -0.1) is 0 Å². The molecule has 5 heteroatoms. The number of rotatable bonds is 7. The Morgan fingerprint density at radius 2 is 1.89 bits per heavy atom. The second-order valence-electron chi connectivity index (χ2n) is 4.54. The highest BCUT2D eigenvalue weighted by Gasteiger charge is 2.22. The smallest absolute Gasteiger partial charge is 0.224 e. The van der Waals surface area contributed by atoms with Crippen LogP contribution in [-0.2, 0) is 0 Å². The van der Waals surface area contributed by atoms with Crippen LogP contribution in [0, 0.1) is 6.92 Å². The predicted molar refractivity (Wildman–Crippen MR) is 75.0 cm³/mol. The summed E-state index contributed by atoms with van der Waals surface area (Å²) >= 11 is 0. The fraction of sp³-hybridized carbons (Fsp3) is 0.692. The highest BCUT2D eigenvalue weighted by atomic mass is 16.3. The fourth-order valence-corrected chi connectivity index (χ4v) is 1.61. The molecule has 0 aliphatic rings. The molecule has 1 aromatic heterocycles. The predicted octanol–water partition coefficient (Wildman–Crippen LogP) is 2.18. The summed E-state index contributed by atoms with van der Waals surface area (Å²) in [6.45, 7) is 9.22. The molecule has 0 spiro atoms. The largest absolute Gasteiger partial charge is 0.388 e. The molecule has 0 aliphatic heterocycles. The SMILES string of the molecule is CCNc1ncc(C)c(NCC(O)(CC)CC)n1. The molecule has 1 aromatic rings. The standard InChI is InChI=1S/C13H24N4O/c1-5-13(18,6-2)9-16-11-10(4)8-15-12(17-11)14-7-3/h8,18H,5-7,9H2,1-4H3,(H2,14,15,16,17). The molecule has 5 nitrogen and oxygen atoms in total. The van der Waals surface area contributed by atoms with E-state index in [9.17, 15) is 5.11 Å². The Balaban J connectivity index is 2.74. The van der Waals surface area contributed by atoms with E-state index in [2.05, 4.69) is 20.6 Å². The van der Waals surface area contributed by atoms with Crippen molar-refractivity contribution in [1.82, 2.24) is 9.97 Å². The molecule has 0 saturated heterocycles. The Kier molecular flexibility index (Phi) is 5.34. The summed E-state index contributed by atoms with van der Waals surface area (Å²) in [5.74, 6) is 1.39. The summed E-state index contributed by atoms with van der Waals surface area (Å²) in [5.41, 5.74) is 0.307. The summed E-state index contributed by atoms with van der Waals surface area (Å²) in [5, 5.41) is 16.5. The van der Waals surface area contributed by atoms with E-state index in [1.54, 1.807) is 6.20 Å². The molecule has 0 amide bonds. The summed E-state index contributed by atoms with van der Waals surface area (Å²) in [4.78, 5) is 8.58. The number of hydrogen-bond donors (Lipinski definition) is 3. The van der Waals surface area contributed by atoms with E-state index in [1.807, 2.05) is 27.7 Å². The highest BCUT2D eigenvalue weighted by molar-refractivity contribution is 5.46. The lowest BCUT2D eigenvalue weighted by atomic mass is 9.97. The fourth-order valence-electron chi connectivity index (χ4n) is 1.61. The van der Waals surface area contributed by atoms with E-state index in [0.717, 1.165) is 30.8 Å². The zero-order valence-electron chi connectivity index (χ0n) is 11.7. The van der Waals surface area contributed by atoms with Gasteiger partial charge in [-0.2, -0.15) is 4.98 Å². The molecule has 0 fully saturated rings. The molecule has 3 N–H and O–H groups in total. The van der Waals surface area contributed by atoms with Crippen LogP contribution in [0.1, 0.15) is 39.2 Å². The van der Waals surface area contributed by atoms with Crippen molar-refractivity contribution in [2.24, 2.45) is 0 Å². The topological polar surface area (TPSA) is 70.1 Å². The van der Waals surface area contributed by atoms with E-state index in [-0.39, 0.29) is 0 Å². The number of aryl methyl sites for hydroxylation is 1. The maximum atomic E-state index is 10.2. The van der Waals surface area contributed by atoms with Crippen LogP contribution in [0.25, 0.3) is 0 Å². The molecule has 0 unspecified atom stereocenters. The number of hydrogen-bond acceptors (Lipinski definition) is 5. The minimum atomic E-state index is -0.671. The van der Waals surface area contributed by atoms with Gasteiger partial charge in [-0.1, -0.05) is 13.8 Å². The van der Waals surface area contributed by atoms with E-state index < -0.39 is 5.60 Å². The lowest BCUT2D eigenvalue weighted by molar-refractivity contribution is 0.0456. The number of anilines is 2. The first kappa shape index (κ1) is 14.7. The van der Waals surface area contributed by atoms with Gasteiger partial charge in [0.15, 0.2) is 0 Å². The van der Waals surface area contributed by atoms with Crippen molar-refractivity contribution in [1.29, 1.82) is 0 Å². The summed E-state index contributed by atoms with van der Waals surface area (Å²) in [6, 6.07) is 0. The highest BCUT2D eigenvalue weighted by Crippen LogP contribution is 2.18. The second-order valence-corrected chi connectivity index (χ2v) is 4.54. The Morgan fingerprint density at radius 1 is 1.22 bits per heavy atom. The Hall–Kier alpha value is -1.36. The van der Waals surface area contributed by atoms with Crippen molar-refractivity contribution < 1.29 is 5.11 Å². The van der Waals surface area contributed by atoms with Crippen molar-refractivity contribution in [3.05, 3.63) is 11.8 Å². The average molecular weight is 252 g/mol. The maximum absolute atomic E-state index is 10.2. The molecule has 0 aliphatic carbocycles. The van der Waals surface area contributed by atoms with Crippen molar-refractivity contribution in [3.8, 4) is 0 Å². The van der Waals surface area contributed by atoms with E-state index >= 15 is 0 Å².